The number of pyridine rings is 1. The van der Waals surface area contributed by atoms with E-state index < -0.39 is 0 Å². The summed E-state index contributed by atoms with van der Waals surface area (Å²) in [6.45, 7) is 0. The second kappa shape index (κ2) is 2.23. The first-order valence-electron chi connectivity index (χ1n) is 2.86. The van der Waals surface area contributed by atoms with Gasteiger partial charge in [0.15, 0.2) is 5.58 Å². The van der Waals surface area contributed by atoms with Crippen LogP contribution >= 0.6 is 22.6 Å². The predicted molar refractivity (Wildman–Crippen MR) is 46.7 cm³/mol. The number of fused-ring (bicyclic) bond motifs is 1. The molecule has 0 unspecified atom stereocenters. The molecule has 2 rings (SSSR count). The van der Waals surface area contributed by atoms with Crippen molar-refractivity contribution in [2.45, 2.75) is 0 Å². The molecule has 0 amide bonds. The van der Waals surface area contributed by atoms with Gasteiger partial charge in [-0.3, -0.25) is 0 Å². The second-order valence-corrected chi connectivity index (χ2v) is 3.04. The fraction of sp³-hybridized carbons (Fsp3) is 0. The van der Waals surface area contributed by atoms with Crippen LogP contribution in [0.2, 0.25) is 0 Å². The molecule has 2 aromatic heterocycles. The molecule has 10 heavy (non-hydrogen) atoms. The first-order valence-corrected chi connectivity index (χ1v) is 3.94. The average molecular weight is 245 g/mol. The Kier molecular flexibility index (Phi) is 1.37. The molecule has 0 spiro atoms. The topological polar surface area (TPSA) is 26.0 Å². The molecule has 0 aromatic carbocycles. The van der Waals surface area contributed by atoms with Crippen molar-refractivity contribution in [1.82, 2.24) is 4.98 Å². The molecule has 50 valence electrons. The van der Waals surface area contributed by atoms with E-state index in [0.717, 1.165) is 14.8 Å². The smallest absolute Gasteiger partial charge is 0.152 e. The Bertz CT molecular complexity index is 355. The molecular weight excluding hydrogens is 241 g/mol. The average Bonchev–Trinajstić information content (AvgIpc) is 2.33. The van der Waals surface area contributed by atoms with Crippen LogP contribution in [0, 0.1) is 3.70 Å². The van der Waals surface area contributed by atoms with E-state index in [0.29, 0.717) is 0 Å². The summed E-state index contributed by atoms with van der Waals surface area (Å²) in [7, 11) is 0. The summed E-state index contributed by atoms with van der Waals surface area (Å²) >= 11 is 2.17. The Morgan fingerprint density at radius 1 is 1.30 bits per heavy atom. The Morgan fingerprint density at radius 3 is 3.10 bits per heavy atom. The molecular formula is C7H4INO. The Labute approximate surface area is 71.4 Å². The molecule has 0 aliphatic heterocycles. The Hall–Kier alpha value is -0.580. The standard InChI is InChI=1S/C7H4INO/c8-7-2-1-6-5(9-7)3-4-10-6/h1-4H. The molecule has 0 atom stereocenters. The molecule has 0 saturated carbocycles. The molecule has 0 aliphatic carbocycles. The number of aromatic nitrogens is 1. The van der Waals surface area contributed by atoms with Crippen molar-refractivity contribution < 1.29 is 4.42 Å². The molecule has 0 fully saturated rings. The summed E-state index contributed by atoms with van der Waals surface area (Å²) in [5, 5.41) is 0. The van der Waals surface area contributed by atoms with Gasteiger partial charge in [0.2, 0.25) is 0 Å². The van der Waals surface area contributed by atoms with Crippen molar-refractivity contribution in [2.75, 3.05) is 0 Å². The molecule has 2 nitrogen and oxygen atoms in total. The van der Waals surface area contributed by atoms with Crippen molar-refractivity contribution in [2.24, 2.45) is 0 Å². The van der Waals surface area contributed by atoms with Gasteiger partial charge in [0, 0.05) is 6.07 Å². The lowest BCUT2D eigenvalue weighted by Crippen LogP contribution is -1.76. The minimum Gasteiger partial charge on any atom is -0.463 e. The van der Waals surface area contributed by atoms with E-state index in [2.05, 4.69) is 27.6 Å². The summed E-state index contributed by atoms with van der Waals surface area (Å²) in [6.07, 6.45) is 1.65. The van der Waals surface area contributed by atoms with Gasteiger partial charge in [-0.25, -0.2) is 4.98 Å². The van der Waals surface area contributed by atoms with Crippen LogP contribution in [-0.4, -0.2) is 4.98 Å². The van der Waals surface area contributed by atoms with Crippen molar-refractivity contribution in [1.29, 1.82) is 0 Å². The van der Waals surface area contributed by atoms with Crippen molar-refractivity contribution in [3.8, 4) is 0 Å². The molecule has 0 saturated heterocycles. The van der Waals surface area contributed by atoms with E-state index in [1.54, 1.807) is 6.26 Å². The quantitative estimate of drug-likeness (QED) is 0.526. The zero-order valence-corrected chi connectivity index (χ0v) is 7.20. The van der Waals surface area contributed by atoms with Crippen LogP contribution in [0.3, 0.4) is 0 Å². The maximum Gasteiger partial charge on any atom is 0.152 e. The summed E-state index contributed by atoms with van der Waals surface area (Å²) < 4.78 is 6.10. The van der Waals surface area contributed by atoms with Gasteiger partial charge < -0.3 is 4.42 Å². The van der Waals surface area contributed by atoms with Gasteiger partial charge in [0.25, 0.3) is 0 Å². The zero-order valence-electron chi connectivity index (χ0n) is 5.04. The van der Waals surface area contributed by atoms with E-state index >= 15 is 0 Å². The summed E-state index contributed by atoms with van der Waals surface area (Å²) in [5.74, 6) is 0. The molecule has 0 radical (unpaired) electrons. The molecule has 2 aromatic rings. The van der Waals surface area contributed by atoms with Crippen LogP contribution in [0.25, 0.3) is 11.1 Å². The van der Waals surface area contributed by atoms with Crippen molar-refractivity contribution >= 4 is 33.7 Å². The van der Waals surface area contributed by atoms with Crippen molar-refractivity contribution in [3.05, 3.63) is 28.2 Å². The summed E-state index contributed by atoms with van der Waals surface area (Å²) in [5.41, 5.74) is 1.77. The molecule has 3 heteroatoms. The second-order valence-electron chi connectivity index (χ2n) is 1.94. The highest BCUT2D eigenvalue weighted by Gasteiger charge is 1.95. The van der Waals surface area contributed by atoms with Gasteiger partial charge in [0.1, 0.15) is 9.22 Å². The van der Waals surface area contributed by atoms with E-state index in [4.69, 9.17) is 4.42 Å². The number of rotatable bonds is 0. The molecule has 0 N–H and O–H groups in total. The Balaban J connectivity index is 2.86. The third-order valence-electron chi connectivity index (χ3n) is 1.27. The number of hydrogen-bond acceptors (Lipinski definition) is 2. The third-order valence-corrected chi connectivity index (χ3v) is 1.87. The predicted octanol–water partition coefficient (Wildman–Crippen LogP) is 2.43. The van der Waals surface area contributed by atoms with Gasteiger partial charge in [-0.15, -0.1) is 0 Å². The highest BCUT2D eigenvalue weighted by atomic mass is 127. The lowest BCUT2D eigenvalue weighted by atomic mass is 10.4. The van der Waals surface area contributed by atoms with Crippen LogP contribution < -0.4 is 0 Å². The van der Waals surface area contributed by atoms with Crippen LogP contribution in [-0.2, 0) is 0 Å². The van der Waals surface area contributed by atoms with Gasteiger partial charge in [-0.05, 0) is 34.7 Å². The highest BCUT2D eigenvalue weighted by Crippen LogP contribution is 2.13. The van der Waals surface area contributed by atoms with Crippen molar-refractivity contribution in [3.63, 3.8) is 0 Å². The van der Waals surface area contributed by atoms with Crippen LogP contribution in [0.15, 0.2) is 28.9 Å². The third kappa shape index (κ3) is 0.901. The molecule has 2 heterocycles. The van der Waals surface area contributed by atoms with Gasteiger partial charge in [-0.2, -0.15) is 0 Å². The zero-order chi connectivity index (χ0) is 6.97. The largest absolute Gasteiger partial charge is 0.463 e. The van der Waals surface area contributed by atoms with E-state index in [9.17, 15) is 0 Å². The first kappa shape index (κ1) is 6.15. The summed E-state index contributed by atoms with van der Waals surface area (Å²) in [4.78, 5) is 4.23. The molecule has 0 bridgehead atoms. The van der Waals surface area contributed by atoms with E-state index in [1.165, 1.54) is 0 Å². The number of nitrogens with zero attached hydrogens (tertiary/aromatic N) is 1. The highest BCUT2D eigenvalue weighted by molar-refractivity contribution is 14.1. The monoisotopic (exact) mass is 245 g/mol. The van der Waals surface area contributed by atoms with Crippen LogP contribution in [0.1, 0.15) is 0 Å². The fourth-order valence-corrected chi connectivity index (χ4v) is 1.27. The van der Waals surface area contributed by atoms with Gasteiger partial charge in [-0.1, -0.05) is 0 Å². The fourth-order valence-electron chi connectivity index (χ4n) is 0.828. The minimum absolute atomic E-state index is 0.848. The first-order chi connectivity index (χ1) is 4.86. The maximum atomic E-state index is 5.11. The number of hydrogen-bond donors (Lipinski definition) is 0. The summed E-state index contributed by atoms with van der Waals surface area (Å²) in [6, 6.07) is 5.70. The minimum atomic E-state index is 0.848. The van der Waals surface area contributed by atoms with Gasteiger partial charge >= 0.3 is 0 Å². The SMILES string of the molecule is Ic1ccc2occc2n1. The van der Waals surface area contributed by atoms with Crippen LogP contribution in [0.4, 0.5) is 0 Å². The lowest BCUT2D eigenvalue weighted by Gasteiger charge is -1.86. The number of furan rings is 1. The molecule has 0 aliphatic rings. The maximum absolute atomic E-state index is 5.11. The van der Waals surface area contributed by atoms with E-state index in [1.807, 2.05) is 18.2 Å². The van der Waals surface area contributed by atoms with Crippen LogP contribution in [0.5, 0.6) is 0 Å². The van der Waals surface area contributed by atoms with E-state index in [-0.39, 0.29) is 0 Å². The number of halogens is 1. The van der Waals surface area contributed by atoms with Gasteiger partial charge in [0.05, 0.1) is 6.26 Å². The lowest BCUT2D eigenvalue weighted by molar-refractivity contribution is 0.615. The Morgan fingerprint density at radius 2 is 2.20 bits per heavy atom. The normalized spacial score (nSPS) is 10.5.